The summed E-state index contributed by atoms with van der Waals surface area (Å²) in [5.74, 6) is -0.504. The fourth-order valence-electron chi connectivity index (χ4n) is 3.67. The number of nitrogens with zero attached hydrogens (tertiary/aromatic N) is 1. The van der Waals surface area contributed by atoms with Gasteiger partial charge in [0, 0.05) is 23.3 Å². The Balaban J connectivity index is 1.84. The number of benzene rings is 1. The van der Waals surface area contributed by atoms with Gasteiger partial charge in [0.05, 0.1) is 5.56 Å². The van der Waals surface area contributed by atoms with Crippen LogP contribution in [0.5, 0.6) is 0 Å². The molecule has 148 valence electrons. The van der Waals surface area contributed by atoms with Gasteiger partial charge in [-0.05, 0) is 63.8 Å². The molecule has 27 heavy (non-hydrogen) atoms. The van der Waals surface area contributed by atoms with E-state index in [1.165, 1.54) is 12.1 Å². The van der Waals surface area contributed by atoms with E-state index in [1.54, 1.807) is 0 Å². The van der Waals surface area contributed by atoms with Gasteiger partial charge >= 0.3 is 11.9 Å². The zero-order valence-electron chi connectivity index (χ0n) is 15.2. The van der Waals surface area contributed by atoms with Crippen LogP contribution in [0.15, 0.2) is 27.4 Å². The number of rotatable bonds is 5. The first-order valence-corrected chi connectivity index (χ1v) is 8.99. The molecule has 3 N–H and O–H groups in total. The molecule has 0 spiro atoms. The fourth-order valence-corrected chi connectivity index (χ4v) is 3.67. The summed E-state index contributed by atoms with van der Waals surface area (Å²) in [6, 6.07) is 3.92. The zero-order chi connectivity index (χ0) is 19.6. The molecule has 1 heterocycles. The Morgan fingerprint density at radius 2 is 1.96 bits per heavy atom. The molecule has 1 aliphatic rings. The van der Waals surface area contributed by atoms with Crippen molar-refractivity contribution in [3.63, 3.8) is 0 Å². The summed E-state index contributed by atoms with van der Waals surface area (Å²) in [7, 11) is 1.93. The molecule has 0 amide bonds. The molecule has 2 aromatic rings. The average Bonchev–Trinajstić information content (AvgIpc) is 3.07. The van der Waals surface area contributed by atoms with Crippen LogP contribution in [0.25, 0.3) is 11.5 Å². The first-order valence-electron chi connectivity index (χ1n) is 8.99. The van der Waals surface area contributed by atoms with Crippen LogP contribution < -0.4 is 16.4 Å². The molecule has 1 fully saturated rings. The molecule has 0 radical (unpaired) electrons. The quantitative estimate of drug-likeness (QED) is 0.733. The first-order chi connectivity index (χ1) is 12.8. The maximum absolute atomic E-state index is 13.4. The molecule has 1 atom stereocenters. The van der Waals surface area contributed by atoms with Gasteiger partial charge in [-0.1, -0.05) is 0 Å². The standard InChI is InChI=1S/C18H23F3N4O2/c1-10(11-3-6-13(22-2)7-4-11)23-15-9-12(16-24-25-17(26)27-16)5-8-14(15)18(19,20)21/h5,8-11,13,22-23H,3-4,6-7H2,1-2H3,(H,25,26)/t10-,11?,13?/m0/s1. The van der Waals surface area contributed by atoms with E-state index >= 15 is 0 Å². The lowest BCUT2D eigenvalue weighted by molar-refractivity contribution is -0.137. The minimum absolute atomic E-state index is 0.0334. The van der Waals surface area contributed by atoms with Gasteiger partial charge in [-0.15, -0.1) is 5.10 Å². The van der Waals surface area contributed by atoms with E-state index in [0.717, 1.165) is 31.7 Å². The number of aromatic nitrogens is 2. The lowest BCUT2D eigenvalue weighted by Gasteiger charge is -2.33. The Kier molecular flexibility index (Phi) is 5.59. The topological polar surface area (TPSA) is 83.0 Å². The number of alkyl halides is 3. The molecule has 1 aromatic carbocycles. The zero-order valence-corrected chi connectivity index (χ0v) is 15.2. The molecular weight excluding hydrogens is 361 g/mol. The third-order valence-electron chi connectivity index (χ3n) is 5.28. The van der Waals surface area contributed by atoms with Gasteiger partial charge in [0.15, 0.2) is 0 Å². The maximum Gasteiger partial charge on any atom is 0.434 e. The Bertz CT molecular complexity index is 822. The molecule has 3 rings (SSSR count). The van der Waals surface area contributed by atoms with E-state index in [0.29, 0.717) is 17.5 Å². The van der Waals surface area contributed by atoms with Gasteiger partial charge in [0.25, 0.3) is 0 Å². The number of anilines is 1. The highest BCUT2D eigenvalue weighted by molar-refractivity contribution is 5.65. The van der Waals surface area contributed by atoms with Crippen LogP contribution >= 0.6 is 0 Å². The second-order valence-electron chi connectivity index (χ2n) is 7.01. The van der Waals surface area contributed by atoms with Crippen molar-refractivity contribution in [1.82, 2.24) is 15.5 Å². The second kappa shape index (κ2) is 7.75. The van der Waals surface area contributed by atoms with Crippen LogP contribution in [0.3, 0.4) is 0 Å². The van der Waals surface area contributed by atoms with Crippen molar-refractivity contribution < 1.29 is 17.6 Å². The highest BCUT2D eigenvalue weighted by Gasteiger charge is 2.35. The van der Waals surface area contributed by atoms with Gasteiger partial charge in [-0.3, -0.25) is 0 Å². The largest absolute Gasteiger partial charge is 0.434 e. The van der Waals surface area contributed by atoms with Crippen LogP contribution in [0, 0.1) is 5.92 Å². The van der Waals surface area contributed by atoms with Crippen molar-refractivity contribution in [1.29, 1.82) is 0 Å². The molecule has 1 aliphatic carbocycles. The van der Waals surface area contributed by atoms with E-state index in [9.17, 15) is 18.0 Å². The third kappa shape index (κ3) is 4.52. The minimum atomic E-state index is -4.49. The SMILES string of the molecule is CNC1CCC([C@H](C)Nc2cc(-c3n[nH]c(=O)o3)ccc2C(F)(F)F)CC1. The normalized spacial score (nSPS) is 21.8. The summed E-state index contributed by atoms with van der Waals surface area (Å²) in [6.45, 7) is 1.91. The summed E-state index contributed by atoms with van der Waals surface area (Å²) < 4.78 is 45.2. The molecular formula is C18H23F3N4O2. The summed E-state index contributed by atoms with van der Waals surface area (Å²) in [5.41, 5.74) is -0.483. The Morgan fingerprint density at radius 1 is 1.26 bits per heavy atom. The summed E-state index contributed by atoms with van der Waals surface area (Å²) in [4.78, 5) is 11.1. The summed E-state index contributed by atoms with van der Waals surface area (Å²) in [5, 5.41) is 12.1. The van der Waals surface area contributed by atoms with Gasteiger partial charge in [0.1, 0.15) is 0 Å². The Morgan fingerprint density at radius 3 is 2.52 bits per heavy atom. The molecule has 0 saturated heterocycles. The number of halogens is 3. The van der Waals surface area contributed by atoms with Crippen molar-refractivity contribution >= 4 is 5.69 Å². The van der Waals surface area contributed by atoms with Crippen molar-refractivity contribution in [2.75, 3.05) is 12.4 Å². The van der Waals surface area contributed by atoms with Gasteiger partial charge in [-0.25, -0.2) is 9.89 Å². The molecule has 1 saturated carbocycles. The lowest BCUT2D eigenvalue weighted by Crippen LogP contribution is -2.36. The molecule has 1 aromatic heterocycles. The number of nitrogens with one attached hydrogen (secondary N) is 3. The van der Waals surface area contributed by atoms with Gasteiger partial charge in [0.2, 0.25) is 5.89 Å². The summed E-state index contributed by atoms with van der Waals surface area (Å²) >= 11 is 0. The van der Waals surface area contributed by atoms with Crippen molar-refractivity contribution in [2.45, 2.75) is 50.9 Å². The van der Waals surface area contributed by atoms with E-state index in [2.05, 4.69) is 20.8 Å². The monoisotopic (exact) mass is 384 g/mol. The van der Waals surface area contributed by atoms with Gasteiger partial charge in [-0.2, -0.15) is 13.2 Å². The highest BCUT2D eigenvalue weighted by atomic mass is 19.4. The van der Waals surface area contributed by atoms with E-state index < -0.39 is 17.5 Å². The number of H-pyrrole nitrogens is 1. The predicted molar refractivity (Wildman–Crippen MR) is 95.5 cm³/mol. The Labute approximate surface area is 154 Å². The Hall–Kier alpha value is -2.29. The fraction of sp³-hybridized carbons (Fsp3) is 0.556. The number of hydrogen-bond donors (Lipinski definition) is 3. The predicted octanol–water partition coefficient (Wildman–Crippen LogP) is 3.63. The number of hydrogen-bond acceptors (Lipinski definition) is 5. The molecule has 0 bridgehead atoms. The van der Waals surface area contributed by atoms with Crippen molar-refractivity contribution in [3.8, 4) is 11.5 Å². The lowest BCUT2D eigenvalue weighted by atomic mass is 9.82. The second-order valence-corrected chi connectivity index (χ2v) is 7.01. The first kappa shape index (κ1) is 19.5. The van der Waals surface area contributed by atoms with E-state index in [4.69, 9.17) is 4.42 Å². The number of aromatic amines is 1. The van der Waals surface area contributed by atoms with Crippen LogP contribution in [0.1, 0.15) is 38.2 Å². The van der Waals surface area contributed by atoms with Crippen LogP contribution in [0.2, 0.25) is 0 Å². The highest BCUT2D eigenvalue weighted by Crippen LogP contribution is 2.38. The maximum atomic E-state index is 13.4. The van der Waals surface area contributed by atoms with Crippen molar-refractivity contribution in [2.24, 2.45) is 5.92 Å². The molecule has 9 heteroatoms. The van der Waals surface area contributed by atoms with E-state index in [-0.39, 0.29) is 17.6 Å². The van der Waals surface area contributed by atoms with Crippen LogP contribution in [-0.4, -0.2) is 29.3 Å². The molecule has 0 aliphatic heterocycles. The third-order valence-corrected chi connectivity index (χ3v) is 5.28. The van der Waals surface area contributed by atoms with Crippen molar-refractivity contribution in [3.05, 3.63) is 34.3 Å². The molecule has 6 nitrogen and oxygen atoms in total. The van der Waals surface area contributed by atoms with Crippen LogP contribution in [-0.2, 0) is 6.18 Å². The summed E-state index contributed by atoms with van der Waals surface area (Å²) in [6.07, 6.45) is -0.559. The van der Waals surface area contributed by atoms with Crippen LogP contribution in [0.4, 0.5) is 18.9 Å². The average molecular weight is 384 g/mol. The van der Waals surface area contributed by atoms with Gasteiger partial charge < -0.3 is 15.1 Å². The smallest absolute Gasteiger partial charge is 0.388 e. The van der Waals surface area contributed by atoms with E-state index in [1.807, 2.05) is 14.0 Å². The molecule has 0 unspecified atom stereocenters. The minimum Gasteiger partial charge on any atom is -0.388 e.